The van der Waals surface area contributed by atoms with Crippen molar-refractivity contribution in [1.29, 1.82) is 0 Å². The Morgan fingerprint density at radius 3 is 2.61 bits per heavy atom. The molecular weight excluding hydrogens is 316 g/mol. The van der Waals surface area contributed by atoms with Crippen LogP contribution in [0.3, 0.4) is 0 Å². The molecule has 2 rings (SSSR count). The highest BCUT2D eigenvalue weighted by Gasteiger charge is 2.12. The van der Waals surface area contributed by atoms with Crippen molar-refractivity contribution in [2.75, 3.05) is 30.4 Å². The molecule has 1 heterocycles. The van der Waals surface area contributed by atoms with Crippen molar-refractivity contribution < 1.29 is 9.53 Å². The van der Waals surface area contributed by atoms with Crippen molar-refractivity contribution in [2.24, 2.45) is 0 Å². The van der Waals surface area contributed by atoms with Gasteiger partial charge in [-0.05, 0) is 32.0 Å². The van der Waals surface area contributed by atoms with E-state index in [0.29, 0.717) is 22.2 Å². The number of methoxy groups -OCH3 is 1. The van der Waals surface area contributed by atoms with Gasteiger partial charge >= 0.3 is 0 Å². The lowest BCUT2D eigenvalue weighted by Gasteiger charge is -2.19. The van der Waals surface area contributed by atoms with E-state index >= 15 is 0 Å². The Morgan fingerprint density at radius 1 is 1.26 bits per heavy atom. The van der Waals surface area contributed by atoms with Crippen molar-refractivity contribution in [1.82, 2.24) is 9.97 Å². The maximum absolute atomic E-state index is 12.3. The summed E-state index contributed by atoms with van der Waals surface area (Å²) in [5, 5.41) is 3.19. The molecule has 0 saturated carbocycles. The molecule has 0 atom stereocenters. The quantitative estimate of drug-likeness (QED) is 0.878. The van der Waals surface area contributed by atoms with E-state index in [1.54, 1.807) is 24.3 Å². The summed E-state index contributed by atoms with van der Waals surface area (Å²) in [6, 6.07) is 6.71. The lowest BCUT2D eigenvalue weighted by atomic mass is 10.2. The van der Waals surface area contributed by atoms with Gasteiger partial charge in [-0.25, -0.2) is 9.97 Å². The van der Waals surface area contributed by atoms with Gasteiger partial charge in [-0.1, -0.05) is 11.6 Å². The summed E-state index contributed by atoms with van der Waals surface area (Å²) in [5.74, 6) is 0.959. The third kappa shape index (κ3) is 4.10. The van der Waals surface area contributed by atoms with Crippen LogP contribution in [0.1, 0.15) is 24.3 Å². The lowest BCUT2D eigenvalue weighted by molar-refractivity contribution is 0.102. The zero-order valence-electron chi connectivity index (χ0n) is 13.3. The van der Waals surface area contributed by atoms with Gasteiger partial charge in [0.25, 0.3) is 5.91 Å². The molecule has 0 spiro atoms. The van der Waals surface area contributed by atoms with Crippen molar-refractivity contribution in [3.63, 3.8) is 0 Å². The van der Waals surface area contributed by atoms with Gasteiger partial charge in [0.05, 0.1) is 12.1 Å². The number of amides is 1. The number of carbonyl (C=O) groups is 1. The predicted molar refractivity (Wildman–Crippen MR) is 91.6 cm³/mol. The average molecular weight is 335 g/mol. The molecule has 23 heavy (non-hydrogen) atoms. The summed E-state index contributed by atoms with van der Waals surface area (Å²) in [6.45, 7) is 5.68. The van der Waals surface area contributed by atoms with Gasteiger partial charge in [-0.3, -0.25) is 4.79 Å². The van der Waals surface area contributed by atoms with Crippen LogP contribution in [-0.2, 0) is 0 Å². The zero-order valence-corrected chi connectivity index (χ0v) is 14.1. The molecule has 0 unspecified atom stereocenters. The number of benzene rings is 1. The molecular formula is C16H19ClN4O2. The third-order valence-corrected chi connectivity index (χ3v) is 3.68. The van der Waals surface area contributed by atoms with Crippen molar-refractivity contribution in [3.8, 4) is 5.75 Å². The highest BCUT2D eigenvalue weighted by Crippen LogP contribution is 2.27. The fourth-order valence-electron chi connectivity index (χ4n) is 2.13. The molecule has 1 aromatic carbocycles. The summed E-state index contributed by atoms with van der Waals surface area (Å²) >= 11 is 6.05. The lowest BCUT2D eigenvalue weighted by Crippen LogP contribution is -2.24. The summed E-state index contributed by atoms with van der Waals surface area (Å²) < 4.78 is 5.09. The molecule has 1 amide bonds. The van der Waals surface area contributed by atoms with Crippen LogP contribution in [0.15, 0.2) is 30.6 Å². The first-order chi connectivity index (χ1) is 11.1. The molecule has 0 aliphatic heterocycles. The van der Waals surface area contributed by atoms with Crippen LogP contribution < -0.4 is 15.0 Å². The van der Waals surface area contributed by atoms with E-state index < -0.39 is 0 Å². The highest BCUT2D eigenvalue weighted by molar-refractivity contribution is 6.32. The minimum Gasteiger partial charge on any atom is -0.495 e. The van der Waals surface area contributed by atoms with Crippen molar-refractivity contribution >= 4 is 29.0 Å². The second kappa shape index (κ2) is 7.78. The maximum Gasteiger partial charge on any atom is 0.274 e. The SMILES string of the molecule is CCN(CC)c1cc(C(=O)Nc2ccc(OC)c(Cl)c2)ncn1. The molecule has 7 heteroatoms. The Morgan fingerprint density at radius 2 is 2.00 bits per heavy atom. The molecule has 1 N–H and O–H groups in total. The average Bonchev–Trinajstić information content (AvgIpc) is 2.56. The molecule has 6 nitrogen and oxygen atoms in total. The van der Waals surface area contributed by atoms with E-state index in [2.05, 4.69) is 15.3 Å². The van der Waals surface area contributed by atoms with Gasteiger partial charge in [0.2, 0.25) is 0 Å². The number of nitrogens with zero attached hydrogens (tertiary/aromatic N) is 3. The number of halogens is 1. The van der Waals surface area contributed by atoms with Crippen LogP contribution >= 0.6 is 11.6 Å². The Balaban J connectivity index is 2.17. The van der Waals surface area contributed by atoms with Gasteiger partial charge in [-0.2, -0.15) is 0 Å². The summed E-state index contributed by atoms with van der Waals surface area (Å²) in [7, 11) is 1.54. The van der Waals surface area contributed by atoms with Crippen LogP contribution in [0, 0.1) is 0 Å². The molecule has 0 aliphatic rings. The van der Waals surface area contributed by atoms with Crippen LogP contribution in [0.25, 0.3) is 0 Å². The van der Waals surface area contributed by atoms with E-state index in [-0.39, 0.29) is 5.91 Å². The number of carbonyl (C=O) groups excluding carboxylic acids is 1. The van der Waals surface area contributed by atoms with Crippen molar-refractivity contribution in [2.45, 2.75) is 13.8 Å². The first kappa shape index (κ1) is 17.0. The number of hydrogen-bond donors (Lipinski definition) is 1. The minimum atomic E-state index is -0.318. The van der Waals surface area contributed by atoms with Crippen LogP contribution in [0.4, 0.5) is 11.5 Å². The number of aromatic nitrogens is 2. The Bertz CT molecular complexity index is 690. The summed E-state index contributed by atoms with van der Waals surface area (Å²) in [5.41, 5.74) is 0.873. The number of nitrogens with one attached hydrogen (secondary N) is 1. The molecule has 1 aromatic heterocycles. The molecule has 0 radical (unpaired) electrons. The normalized spacial score (nSPS) is 10.3. The van der Waals surface area contributed by atoms with Gasteiger partial charge in [0, 0.05) is 24.8 Å². The van der Waals surface area contributed by atoms with Crippen LogP contribution in [-0.4, -0.2) is 36.1 Å². The monoisotopic (exact) mass is 334 g/mol. The fraction of sp³-hybridized carbons (Fsp3) is 0.312. The third-order valence-electron chi connectivity index (χ3n) is 3.38. The number of anilines is 2. The van der Waals surface area contributed by atoms with E-state index in [0.717, 1.165) is 18.9 Å². The Hall–Kier alpha value is -2.34. The van der Waals surface area contributed by atoms with Crippen molar-refractivity contribution in [3.05, 3.63) is 41.3 Å². The molecule has 122 valence electrons. The van der Waals surface area contributed by atoms with Gasteiger partial charge < -0.3 is 15.0 Å². The fourth-order valence-corrected chi connectivity index (χ4v) is 2.39. The summed E-state index contributed by atoms with van der Waals surface area (Å²) in [4.78, 5) is 22.6. The van der Waals surface area contributed by atoms with Crippen LogP contribution in [0.5, 0.6) is 5.75 Å². The molecule has 2 aromatic rings. The van der Waals surface area contributed by atoms with E-state index in [9.17, 15) is 4.79 Å². The second-order valence-corrected chi connectivity index (χ2v) is 5.14. The first-order valence-electron chi connectivity index (χ1n) is 7.30. The van der Waals surface area contributed by atoms with E-state index in [1.807, 2.05) is 18.7 Å². The number of ether oxygens (including phenoxy) is 1. The largest absolute Gasteiger partial charge is 0.495 e. The second-order valence-electron chi connectivity index (χ2n) is 4.74. The molecule has 0 fully saturated rings. The standard InChI is InChI=1S/C16H19ClN4O2/c1-4-21(5-2)15-9-13(18-10-19-15)16(22)20-11-6-7-14(23-3)12(17)8-11/h6-10H,4-5H2,1-3H3,(H,20,22). The minimum absolute atomic E-state index is 0.300. The maximum atomic E-state index is 12.3. The topological polar surface area (TPSA) is 67.4 Å². The van der Waals surface area contributed by atoms with E-state index in [4.69, 9.17) is 16.3 Å². The Kier molecular flexibility index (Phi) is 5.76. The molecule has 0 saturated heterocycles. The van der Waals surface area contributed by atoms with E-state index in [1.165, 1.54) is 13.4 Å². The number of rotatable bonds is 6. The zero-order chi connectivity index (χ0) is 16.8. The van der Waals surface area contributed by atoms with Gasteiger partial charge in [-0.15, -0.1) is 0 Å². The number of hydrogen-bond acceptors (Lipinski definition) is 5. The predicted octanol–water partition coefficient (Wildman–Crippen LogP) is 3.24. The molecule has 0 aliphatic carbocycles. The van der Waals surface area contributed by atoms with Gasteiger partial charge in [0.1, 0.15) is 23.6 Å². The van der Waals surface area contributed by atoms with Gasteiger partial charge in [0.15, 0.2) is 0 Å². The molecule has 0 bridgehead atoms. The summed E-state index contributed by atoms with van der Waals surface area (Å²) in [6.07, 6.45) is 1.39. The van der Waals surface area contributed by atoms with Crippen LogP contribution in [0.2, 0.25) is 5.02 Å². The first-order valence-corrected chi connectivity index (χ1v) is 7.68. The highest BCUT2D eigenvalue weighted by atomic mass is 35.5. The smallest absolute Gasteiger partial charge is 0.274 e. The Labute approximate surface area is 140 Å².